The van der Waals surface area contributed by atoms with Crippen LogP contribution >= 0.6 is 0 Å². The first kappa shape index (κ1) is 20.0. The molecular formula is C21H33N3O3. The fourth-order valence-electron chi connectivity index (χ4n) is 4.27. The van der Waals surface area contributed by atoms with E-state index in [1.807, 2.05) is 38.2 Å². The van der Waals surface area contributed by atoms with Crippen LogP contribution < -0.4 is 10.1 Å². The minimum absolute atomic E-state index is 0.0106. The second-order valence-corrected chi connectivity index (χ2v) is 7.83. The van der Waals surface area contributed by atoms with E-state index >= 15 is 0 Å². The van der Waals surface area contributed by atoms with Crippen molar-refractivity contribution >= 4 is 6.03 Å². The zero-order chi connectivity index (χ0) is 19.3. The number of ether oxygens (including phenoxy) is 2. The molecule has 2 fully saturated rings. The first-order valence-corrected chi connectivity index (χ1v) is 10.0. The second kappa shape index (κ2) is 8.93. The van der Waals surface area contributed by atoms with Crippen molar-refractivity contribution in [3.8, 4) is 5.75 Å². The molecule has 1 aromatic carbocycles. The standard InChI is InChI=1S/C21H33N3O3/c1-17(18-8-4-5-9-19(18)26-3)23(2)20(25)22-21(10-6-7-11-21)16-24-12-14-27-15-13-24/h4-5,8-9,17H,6-7,10-16H2,1-3H3,(H,22,25). The van der Waals surface area contributed by atoms with Crippen LogP contribution in [0.3, 0.4) is 0 Å². The Morgan fingerprint density at radius 3 is 2.63 bits per heavy atom. The van der Waals surface area contributed by atoms with Gasteiger partial charge in [-0.15, -0.1) is 0 Å². The Kier molecular flexibility index (Phi) is 6.60. The molecule has 3 rings (SSSR count). The van der Waals surface area contributed by atoms with E-state index in [0.29, 0.717) is 0 Å². The molecule has 0 aromatic heterocycles. The smallest absolute Gasteiger partial charge is 0.318 e. The van der Waals surface area contributed by atoms with Crippen molar-refractivity contribution in [2.45, 2.75) is 44.2 Å². The maximum Gasteiger partial charge on any atom is 0.318 e. The lowest BCUT2D eigenvalue weighted by Gasteiger charge is -2.39. The van der Waals surface area contributed by atoms with Crippen molar-refractivity contribution in [1.29, 1.82) is 0 Å². The van der Waals surface area contributed by atoms with Crippen molar-refractivity contribution < 1.29 is 14.3 Å². The number of hydrogen-bond donors (Lipinski definition) is 1. The molecule has 1 aromatic rings. The summed E-state index contributed by atoms with van der Waals surface area (Å²) in [5.74, 6) is 0.813. The molecule has 1 aliphatic heterocycles. The Bertz CT molecular complexity index is 625. The molecule has 2 amide bonds. The van der Waals surface area contributed by atoms with Crippen molar-refractivity contribution in [2.75, 3.05) is 47.0 Å². The van der Waals surface area contributed by atoms with Crippen molar-refractivity contribution in [2.24, 2.45) is 0 Å². The van der Waals surface area contributed by atoms with Crippen LogP contribution in [-0.2, 0) is 4.74 Å². The number of nitrogens with one attached hydrogen (secondary N) is 1. The summed E-state index contributed by atoms with van der Waals surface area (Å²) >= 11 is 0. The van der Waals surface area contributed by atoms with Gasteiger partial charge in [-0.05, 0) is 25.8 Å². The van der Waals surface area contributed by atoms with Crippen LogP contribution in [0.25, 0.3) is 0 Å². The summed E-state index contributed by atoms with van der Waals surface area (Å²) < 4.78 is 10.9. The third-order valence-corrected chi connectivity index (χ3v) is 6.05. The molecular weight excluding hydrogens is 342 g/mol. The monoisotopic (exact) mass is 375 g/mol. The number of rotatable bonds is 6. The van der Waals surface area contributed by atoms with Gasteiger partial charge in [-0.1, -0.05) is 31.0 Å². The Morgan fingerprint density at radius 1 is 1.30 bits per heavy atom. The van der Waals surface area contributed by atoms with E-state index in [4.69, 9.17) is 9.47 Å². The minimum Gasteiger partial charge on any atom is -0.496 e. The van der Waals surface area contributed by atoms with Crippen LogP contribution in [0.2, 0.25) is 0 Å². The predicted molar refractivity (Wildman–Crippen MR) is 106 cm³/mol. The molecule has 0 bridgehead atoms. The van der Waals surface area contributed by atoms with Gasteiger partial charge < -0.3 is 19.7 Å². The van der Waals surface area contributed by atoms with E-state index in [-0.39, 0.29) is 17.6 Å². The van der Waals surface area contributed by atoms with E-state index in [2.05, 4.69) is 10.2 Å². The molecule has 2 aliphatic rings. The Labute approximate surface area is 162 Å². The van der Waals surface area contributed by atoms with Gasteiger partial charge in [-0.3, -0.25) is 4.90 Å². The minimum atomic E-state index is -0.122. The number of urea groups is 1. The number of para-hydroxylation sites is 1. The van der Waals surface area contributed by atoms with Crippen LogP contribution in [0.1, 0.15) is 44.2 Å². The number of carbonyl (C=O) groups excluding carboxylic acids is 1. The number of nitrogens with zero attached hydrogens (tertiary/aromatic N) is 2. The van der Waals surface area contributed by atoms with Gasteiger partial charge in [0.25, 0.3) is 0 Å². The molecule has 27 heavy (non-hydrogen) atoms. The largest absolute Gasteiger partial charge is 0.496 e. The molecule has 1 N–H and O–H groups in total. The number of methoxy groups -OCH3 is 1. The van der Waals surface area contributed by atoms with Crippen LogP contribution in [0.4, 0.5) is 4.79 Å². The number of morpholine rings is 1. The van der Waals surface area contributed by atoms with Gasteiger partial charge in [0.1, 0.15) is 5.75 Å². The van der Waals surface area contributed by atoms with Crippen LogP contribution in [0.15, 0.2) is 24.3 Å². The fourth-order valence-corrected chi connectivity index (χ4v) is 4.27. The lowest BCUT2D eigenvalue weighted by molar-refractivity contribution is 0.0245. The zero-order valence-corrected chi connectivity index (χ0v) is 16.9. The highest BCUT2D eigenvalue weighted by Gasteiger charge is 2.38. The molecule has 0 radical (unpaired) electrons. The first-order valence-electron chi connectivity index (χ1n) is 10.0. The van der Waals surface area contributed by atoms with E-state index in [0.717, 1.165) is 57.0 Å². The van der Waals surface area contributed by atoms with Crippen LogP contribution in [0, 0.1) is 0 Å². The van der Waals surface area contributed by atoms with Gasteiger partial charge >= 0.3 is 6.03 Å². The van der Waals surface area contributed by atoms with Gasteiger partial charge in [0.2, 0.25) is 0 Å². The first-order chi connectivity index (χ1) is 13.0. The average molecular weight is 376 g/mol. The summed E-state index contributed by atoms with van der Waals surface area (Å²) in [6, 6.07) is 7.81. The Balaban J connectivity index is 1.67. The predicted octanol–water partition coefficient (Wildman–Crippen LogP) is 3.04. The van der Waals surface area contributed by atoms with Crippen LogP contribution in [0.5, 0.6) is 5.75 Å². The molecule has 1 heterocycles. The van der Waals surface area contributed by atoms with Crippen molar-refractivity contribution in [3.63, 3.8) is 0 Å². The lowest BCUT2D eigenvalue weighted by atomic mass is 9.96. The number of benzene rings is 1. The Hall–Kier alpha value is -1.79. The Morgan fingerprint density at radius 2 is 1.96 bits per heavy atom. The maximum atomic E-state index is 13.1. The van der Waals surface area contributed by atoms with E-state index in [1.54, 1.807) is 12.0 Å². The molecule has 1 unspecified atom stereocenters. The van der Waals surface area contributed by atoms with Gasteiger partial charge in [0.15, 0.2) is 0 Å². The summed E-state index contributed by atoms with van der Waals surface area (Å²) in [7, 11) is 3.53. The molecule has 1 atom stereocenters. The molecule has 1 saturated heterocycles. The summed E-state index contributed by atoms with van der Waals surface area (Å²) in [4.78, 5) is 17.3. The van der Waals surface area contributed by atoms with Gasteiger partial charge in [-0.25, -0.2) is 4.79 Å². The number of hydrogen-bond acceptors (Lipinski definition) is 4. The molecule has 6 nitrogen and oxygen atoms in total. The normalized spacial score (nSPS) is 20.9. The number of carbonyl (C=O) groups is 1. The second-order valence-electron chi connectivity index (χ2n) is 7.83. The van der Waals surface area contributed by atoms with E-state index in [9.17, 15) is 4.79 Å². The summed E-state index contributed by atoms with van der Waals surface area (Å²) in [5.41, 5.74) is 0.898. The quantitative estimate of drug-likeness (QED) is 0.830. The summed E-state index contributed by atoms with van der Waals surface area (Å²) in [5, 5.41) is 3.39. The molecule has 0 spiro atoms. The third kappa shape index (κ3) is 4.74. The highest BCUT2D eigenvalue weighted by Crippen LogP contribution is 2.32. The SMILES string of the molecule is COc1ccccc1C(C)N(C)C(=O)NC1(CN2CCOCC2)CCCC1. The number of amides is 2. The highest BCUT2D eigenvalue weighted by atomic mass is 16.5. The summed E-state index contributed by atoms with van der Waals surface area (Å²) in [6.07, 6.45) is 4.45. The molecule has 1 aliphatic carbocycles. The third-order valence-electron chi connectivity index (χ3n) is 6.05. The highest BCUT2D eigenvalue weighted by molar-refractivity contribution is 5.75. The average Bonchev–Trinajstić information content (AvgIpc) is 3.15. The lowest BCUT2D eigenvalue weighted by Crippen LogP contribution is -2.58. The van der Waals surface area contributed by atoms with E-state index < -0.39 is 0 Å². The molecule has 150 valence electrons. The van der Waals surface area contributed by atoms with Crippen molar-refractivity contribution in [1.82, 2.24) is 15.1 Å². The topological polar surface area (TPSA) is 54.0 Å². The van der Waals surface area contributed by atoms with E-state index in [1.165, 1.54) is 12.8 Å². The van der Waals surface area contributed by atoms with Gasteiger partial charge in [0.05, 0.1) is 31.9 Å². The van der Waals surface area contributed by atoms with Crippen LogP contribution in [-0.4, -0.2) is 68.4 Å². The van der Waals surface area contributed by atoms with Crippen molar-refractivity contribution in [3.05, 3.63) is 29.8 Å². The molecule has 1 saturated carbocycles. The maximum absolute atomic E-state index is 13.1. The summed E-state index contributed by atoms with van der Waals surface area (Å²) in [6.45, 7) is 6.43. The fraction of sp³-hybridized carbons (Fsp3) is 0.667. The van der Waals surface area contributed by atoms with Gasteiger partial charge in [0, 0.05) is 32.2 Å². The zero-order valence-electron chi connectivity index (χ0n) is 16.9. The molecule has 6 heteroatoms. The van der Waals surface area contributed by atoms with Gasteiger partial charge in [-0.2, -0.15) is 0 Å².